The van der Waals surface area contributed by atoms with Gasteiger partial charge in [-0.2, -0.15) is 12.7 Å². The van der Waals surface area contributed by atoms with E-state index in [1.54, 1.807) is 0 Å². The first-order valence-corrected chi connectivity index (χ1v) is 4.37. The van der Waals surface area contributed by atoms with Crippen molar-refractivity contribution >= 4 is 16.3 Å². The van der Waals surface area contributed by atoms with E-state index >= 15 is 0 Å². The van der Waals surface area contributed by atoms with Gasteiger partial charge in [0.1, 0.15) is 6.67 Å². The lowest BCUT2D eigenvalue weighted by atomic mass is 10.7. The van der Waals surface area contributed by atoms with Crippen LogP contribution in [-0.4, -0.2) is 44.2 Å². The maximum atomic E-state index is 11.6. The van der Waals surface area contributed by atoms with E-state index in [1.165, 1.54) is 4.72 Å². The van der Waals surface area contributed by atoms with Gasteiger partial charge in [0, 0.05) is 13.6 Å². The van der Waals surface area contributed by atoms with Crippen LogP contribution in [0.1, 0.15) is 0 Å². The van der Waals surface area contributed by atoms with Crippen LogP contribution in [0.5, 0.6) is 0 Å². The summed E-state index contributed by atoms with van der Waals surface area (Å²) in [5.41, 5.74) is 0. The van der Waals surface area contributed by atoms with Crippen LogP contribution in [-0.2, 0) is 10.2 Å². The van der Waals surface area contributed by atoms with Crippen molar-refractivity contribution in [2.45, 2.75) is 0 Å². The van der Waals surface area contributed by atoms with Crippen LogP contribution in [0.2, 0.25) is 0 Å². The molecule has 0 heterocycles. The number of carboxylic acid groups (broad SMARTS) is 1. The summed E-state index contributed by atoms with van der Waals surface area (Å²) in [6.45, 7) is -1.24. The molecule has 2 N–H and O–H groups in total. The molecule has 0 rings (SSSR count). The second-order valence-corrected chi connectivity index (χ2v) is 3.70. The second kappa shape index (κ2) is 4.21. The van der Waals surface area contributed by atoms with E-state index in [0.717, 1.165) is 7.05 Å². The molecule has 0 atom stereocenters. The highest BCUT2D eigenvalue weighted by molar-refractivity contribution is 7.87. The zero-order valence-electron chi connectivity index (χ0n) is 6.32. The number of hydrogen-bond donors (Lipinski definition) is 2. The van der Waals surface area contributed by atoms with E-state index in [-0.39, 0.29) is 6.54 Å². The molecule has 0 spiro atoms. The van der Waals surface area contributed by atoms with Gasteiger partial charge in [-0.05, 0) is 0 Å². The SMILES string of the molecule is CN(CCF)S(=O)(=O)NC(=O)O. The molecule has 8 heteroatoms. The number of nitrogens with one attached hydrogen (secondary N) is 1. The third-order valence-corrected chi connectivity index (χ3v) is 2.46. The van der Waals surface area contributed by atoms with Crippen molar-refractivity contribution in [2.24, 2.45) is 0 Å². The molecule has 0 aromatic heterocycles. The molecule has 0 saturated carbocycles. The Hall–Kier alpha value is -0.890. The van der Waals surface area contributed by atoms with E-state index in [9.17, 15) is 17.6 Å². The summed E-state index contributed by atoms with van der Waals surface area (Å²) in [5.74, 6) is 0. The van der Waals surface area contributed by atoms with Crippen LogP contribution in [0.25, 0.3) is 0 Å². The van der Waals surface area contributed by atoms with E-state index in [1.807, 2.05) is 0 Å². The molecule has 0 unspecified atom stereocenters. The smallest absolute Gasteiger partial charge is 0.419 e. The predicted molar refractivity (Wildman–Crippen MR) is 38.7 cm³/mol. The standard InChI is InChI=1S/C4H9FN2O4S/c1-7(3-2-5)12(10,11)6-4(8)9/h6H,2-3H2,1H3,(H,8,9). The zero-order valence-corrected chi connectivity index (χ0v) is 7.14. The molecule has 72 valence electrons. The molecule has 0 aliphatic rings. The quantitative estimate of drug-likeness (QED) is 0.634. The van der Waals surface area contributed by atoms with E-state index in [4.69, 9.17) is 5.11 Å². The number of hydrogen-bond acceptors (Lipinski definition) is 3. The Morgan fingerprint density at radius 1 is 1.67 bits per heavy atom. The van der Waals surface area contributed by atoms with Gasteiger partial charge in [-0.3, -0.25) is 0 Å². The number of halogens is 1. The Kier molecular flexibility index (Phi) is 3.90. The lowest BCUT2D eigenvalue weighted by Crippen LogP contribution is -2.41. The molecule has 0 saturated heterocycles. The fourth-order valence-electron chi connectivity index (χ4n) is 0.427. The maximum Gasteiger partial charge on any atom is 0.419 e. The highest BCUT2D eigenvalue weighted by Crippen LogP contribution is 1.92. The minimum absolute atomic E-state index is 0.372. The molecule has 0 aromatic carbocycles. The number of alkyl halides is 1. The molecule has 0 aliphatic carbocycles. The number of carbonyl (C=O) groups is 1. The molecule has 0 aromatic rings. The molecule has 1 amide bonds. The lowest BCUT2D eigenvalue weighted by molar-refractivity contribution is 0.200. The summed E-state index contributed by atoms with van der Waals surface area (Å²) in [6.07, 6.45) is -1.69. The Balaban J connectivity index is 4.30. The third kappa shape index (κ3) is 3.49. The van der Waals surface area contributed by atoms with Gasteiger partial charge in [0.2, 0.25) is 0 Å². The minimum Gasteiger partial charge on any atom is -0.464 e. The largest absolute Gasteiger partial charge is 0.464 e. The average Bonchev–Trinajstić information content (AvgIpc) is 1.85. The first-order chi connectivity index (χ1) is 5.40. The van der Waals surface area contributed by atoms with Crippen molar-refractivity contribution in [1.29, 1.82) is 0 Å². The zero-order chi connectivity index (χ0) is 9.78. The lowest BCUT2D eigenvalue weighted by Gasteiger charge is -2.13. The highest BCUT2D eigenvalue weighted by atomic mass is 32.2. The molecule has 0 fully saturated rings. The minimum atomic E-state index is -4.08. The Bertz CT molecular complexity index is 252. The van der Waals surface area contributed by atoms with Gasteiger partial charge in [0.05, 0.1) is 0 Å². The highest BCUT2D eigenvalue weighted by Gasteiger charge is 2.18. The van der Waals surface area contributed by atoms with Gasteiger partial charge < -0.3 is 5.11 Å². The van der Waals surface area contributed by atoms with Crippen molar-refractivity contribution < 1.29 is 22.7 Å². The fraction of sp³-hybridized carbons (Fsp3) is 0.750. The molecule has 0 bridgehead atoms. The molecule has 0 aliphatic heterocycles. The van der Waals surface area contributed by atoms with E-state index in [2.05, 4.69) is 0 Å². The van der Waals surface area contributed by atoms with E-state index in [0.29, 0.717) is 4.31 Å². The van der Waals surface area contributed by atoms with E-state index < -0.39 is 23.0 Å². The number of amides is 1. The Labute approximate surface area is 69.2 Å². The summed E-state index contributed by atoms with van der Waals surface area (Å²) in [6, 6.07) is 0. The molecule has 6 nitrogen and oxygen atoms in total. The van der Waals surface area contributed by atoms with Crippen LogP contribution in [0.3, 0.4) is 0 Å². The van der Waals surface area contributed by atoms with Crippen LogP contribution in [0, 0.1) is 0 Å². The molecular formula is C4H9FN2O4S. The summed E-state index contributed by atoms with van der Waals surface area (Å²) in [4.78, 5) is 9.91. The van der Waals surface area contributed by atoms with Crippen molar-refractivity contribution in [3.8, 4) is 0 Å². The summed E-state index contributed by atoms with van der Waals surface area (Å²) < 4.78 is 35.0. The van der Waals surface area contributed by atoms with Crippen LogP contribution in [0.4, 0.5) is 9.18 Å². The van der Waals surface area contributed by atoms with Gasteiger partial charge in [0.15, 0.2) is 0 Å². The van der Waals surface area contributed by atoms with Gasteiger partial charge in [-0.1, -0.05) is 0 Å². The fourth-order valence-corrected chi connectivity index (χ4v) is 1.11. The Morgan fingerprint density at radius 2 is 2.17 bits per heavy atom. The monoisotopic (exact) mass is 200 g/mol. The average molecular weight is 200 g/mol. The van der Waals surface area contributed by atoms with Crippen molar-refractivity contribution in [1.82, 2.24) is 9.03 Å². The van der Waals surface area contributed by atoms with Gasteiger partial charge in [-0.15, -0.1) is 0 Å². The predicted octanol–water partition coefficient (Wildman–Crippen LogP) is -0.600. The normalized spacial score (nSPS) is 11.6. The second-order valence-electron chi connectivity index (χ2n) is 1.92. The van der Waals surface area contributed by atoms with Gasteiger partial charge in [0.25, 0.3) is 0 Å². The molecular weight excluding hydrogens is 191 g/mol. The van der Waals surface area contributed by atoms with Crippen molar-refractivity contribution in [3.63, 3.8) is 0 Å². The van der Waals surface area contributed by atoms with Crippen LogP contribution in [0.15, 0.2) is 0 Å². The van der Waals surface area contributed by atoms with Crippen molar-refractivity contribution in [3.05, 3.63) is 0 Å². The van der Waals surface area contributed by atoms with Crippen LogP contribution >= 0.6 is 0 Å². The molecule has 12 heavy (non-hydrogen) atoms. The summed E-state index contributed by atoms with van der Waals surface area (Å²) in [5, 5.41) is 8.06. The van der Waals surface area contributed by atoms with Crippen LogP contribution < -0.4 is 4.72 Å². The molecule has 0 radical (unpaired) electrons. The van der Waals surface area contributed by atoms with Gasteiger partial charge in [-0.25, -0.2) is 13.9 Å². The summed E-state index contributed by atoms with van der Waals surface area (Å²) in [7, 11) is -3.00. The van der Waals surface area contributed by atoms with Gasteiger partial charge >= 0.3 is 16.3 Å². The summed E-state index contributed by atoms with van der Waals surface area (Å²) >= 11 is 0. The first kappa shape index (κ1) is 11.1. The first-order valence-electron chi connectivity index (χ1n) is 2.93. The Morgan fingerprint density at radius 3 is 2.50 bits per heavy atom. The topological polar surface area (TPSA) is 86.7 Å². The number of rotatable bonds is 4. The number of nitrogens with zero attached hydrogens (tertiary/aromatic N) is 1. The van der Waals surface area contributed by atoms with Crippen molar-refractivity contribution in [2.75, 3.05) is 20.3 Å². The third-order valence-electron chi connectivity index (χ3n) is 1.03. The maximum absolute atomic E-state index is 11.6.